The SMILES string of the molecule is CC(C)C[C@@H](C(=O)NN)[C@H](C(=O)NO)C(CCc1ccccc1)(CC(C)C)C(=O)CC(=O)n1ccnc1. The summed E-state index contributed by atoms with van der Waals surface area (Å²) in [6.45, 7) is 7.61. The predicted octanol–water partition coefficient (Wildman–Crippen LogP) is 2.92. The van der Waals surface area contributed by atoms with Crippen LogP contribution in [0.5, 0.6) is 0 Å². The van der Waals surface area contributed by atoms with Gasteiger partial charge in [-0.25, -0.2) is 16.3 Å². The van der Waals surface area contributed by atoms with Gasteiger partial charge in [0.2, 0.25) is 17.7 Å². The molecule has 0 saturated heterocycles. The number of hydroxylamine groups is 1. The third-order valence-electron chi connectivity index (χ3n) is 6.73. The summed E-state index contributed by atoms with van der Waals surface area (Å²) >= 11 is 0. The molecule has 0 aliphatic heterocycles. The van der Waals surface area contributed by atoms with Crippen LogP contribution in [0.15, 0.2) is 49.1 Å². The average Bonchev–Trinajstić information content (AvgIpc) is 3.41. The van der Waals surface area contributed by atoms with Gasteiger partial charge in [0.25, 0.3) is 0 Å². The molecule has 1 aromatic heterocycles. The highest BCUT2D eigenvalue weighted by atomic mass is 16.5. The zero-order valence-electron chi connectivity index (χ0n) is 22.0. The molecule has 1 aromatic carbocycles. The minimum absolute atomic E-state index is 0.0233. The number of imidazole rings is 1. The molecule has 0 aliphatic rings. The van der Waals surface area contributed by atoms with Crippen LogP contribution in [0.3, 0.4) is 0 Å². The normalized spacial score (nSPS) is 14.6. The number of Topliss-reactive ketones (excluding diaryl/α,β-unsaturated/α-hetero) is 1. The minimum Gasteiger partial charge on any atom is -0.298 e. The molecular formula is C27H39N5O5. The summed E-state index contributed by atoms with van der Waals surface area (Å²) in [5, 5.41) is 9.79. The number of carbonyl (C=O) groups is 4. The van der Waals surface area contributed by atoms with Crippen LogP contribution in [0.2, 0.25) is 0 Å². The summed E-state index contributed by atoms with van der Waals surface area (Å²) in [5.41, 5.74) is 3.33. The lowest BCUT2D eigenvalue weighted by molar-refractivity contribution is -0.154. The van der Waals surface area contributed by atoms with E-state index < -0.39 is 47.2 Å². The fourth-order valence-corrected chi connectivity index (χ4v) is 5.26. The number of benzene rings is 1. The molecule has 0 saturated carbocycles. The number of hydrogen-bond donors (Lipinski definition) is 4. The van der Waals surface area contributed by atoms with Crippen LogP contribution in [0.1, 0.15) is 63.7 Å². The van der Waals surface area contributed by atoms with E-state index in [0.717, 1.165) is 5.56 Å². The van der Waals surface area contributed by atoms with E-state index in [1.54, 1.807) is 5.48 Å². The number of aryl methyl sites for hydroxylation is 1. The minimum atomic E-state index is -1.45. The summed E-state index contributed by atoms with van der Waals surface area (Å²) in [7, 11) is 0. The number of hydrogen-bond acceptors (Lipinski definition) is 7. The van der Waals surface area contributed by atoms with Crippen LogP contribution >= 0.6 is 0 Å². The van der Waals surface area contributed by atoms with Gasteiger partial charge in [-0.2, -0.15) is 0 Å². The molecule has 1 heterocycles. The molecule has 0 bridgehead atoms. The standard InChI is InChI=1S/C27H39N5O5/c1-18(2)14-21(25(35)30-28)24(26(36)31-37)27(16-19(3)4,11-10-20-8-6-5-7-9-20)22(33)15-23(34)32-13-12-29-17-32/h5-9,12-13,17-19,21,24,37H,10-11,14-16,28H2,1-4H3,(H,30,35)(H,31,36)/t21-,24-,27?/m1/s1. The smallest absolute Gasteiger partial charge is 0.248 e. The maximum Gasteiger partial charge on any atom is 0.248 e. The number of nitrogens with zero attached hydrogens (tertiary/aromatic N) is 2. The van der Waals surface area contributed by atoms with Gasteiger partial charge in [-0.15, -0.1) is 0 Å². The van der Waals surface area contributed by atoms with E-state index in [-0.39, 0.29) is 31.1 Å². The molecule has 3 atom stereocenters. The fraction of sp³-hybridized carbons (Fsp3) is 0.519. The van der Waals surface area contributed by atoms with Crippen molar-refractivity contribution < 1.29 is 24.4 Å². The molecule has 10 nitrogen and oxygen atoms in total. The zero-order valence-corrected chi connectivity index (χ0v) is 22.0. The van der Waals surface area contributed by atoms with Gasteiger partial charge in [0.15, 0.2) is 0 Å². The van der Waals surface area contributed by atoms with Crippen LogP contribution in [0.4, 0.5) is 0 Å². The van der Waals surface area contributed by atoms with Gasteiger partial charge in [0.05, 0.1) is 18.3 Å². The van der Waals surface area contributed by atoms with Gasteiger partial charge >= 0.3 is 0 Å². The Morgan fingerprint density at radius 3 is 2.24 bits per heavy atom. The number of carbonyl (C=O) groups excluding carboxylic acids is 4. The molecule has 37 heavy (non-hydrogen) atoms. The lowest BCUT2D eigenvalue weighted by Gasteiger charge is -2.43. The molecule has 0 spiro atoms. The lowest BCUT2D eigenvalue weighted by Crippen LogP contribution is -2.55. The molecule has 0 fully saturated rings. The van der Waals surface area contributed by atoms with Gasteiger partial charge in [-0.3, -0.25) is 34.4 Å². The van der Waals surface area contributed by atoms with Crippen LogP contribution < -0.4 is 16.7 Å². The average molecular weight is 514 g/mol. The Morgan fingerprint density at radius 1 is 1.05 bits per heavy atom. The third kappa shape index (κ3) is 7.80. The van der Waals surface area contributed by atoms with E-state index in [2.05, 4.69) is 10.4 Å². The molecule has 2 aromatic rings. The van der Waals surface area contributed by atoms with E-state index in [0.29, 0.717) is 6.42 Å². The second-order valence-corrected chi connectivity index (χ2v) is 10.4. The first kappa shape index (κ1) is 29.9. The predicted molar refractivity (Wildman–Crippen MR) is 138 cm³/mol. The molecular weight excluding hydrogens is 474 g/mol. The van der Waals surface area contributed by atoms with E-state index >= 15 is 0 Å². The number of aromatic nitrogens is 2. The Balaban J connectivity index is 2.70. The van der Waals surface area contributed by atoms with Crippen molar-refractivity contribution in [3.63, 3.8) is 0 Å². The van der Waals surface area contributed by atoms with Crippen molar-refractivity contribution in [3.8, 4) is 0 Å². The Hall–Kier alpha value is -3.37. The Labute approximate surface area is 218 Å². The Bertz CT molecular complexity index is 1040. The highest BCUT2D eigenvalue weighted by Crippen LogP contribution is 2.46. The topological polar surface area (TPSA) is 156 Å². The van der Waals surface area contributed by atoms with Crippen LogP contribution in [-0.4, -0.2) is 38.3 Å². The fourth-order valence-electron chi connectivity index (χ4n) is 5.26. The van der Waals surface area contributed by atoms with Crippen LogP contribution in [0, 0.1) is 29.1 Å². The third-order valence-corrected chi connectivity index (χ3v) is 6.73. The van der Waals surface area contributed by atoms with Crippen molar-refractivity contribution in [2.24, 2.45) is 34.9 Å². The summed E-state index contributed by atoms with van der Waals surface area (Å²) in [4.78, 5) is 57.5. The number of rotatable bonds is 14. The van der Waals surface area contributed by atoms with Crippen molar-refractivity contribution >= 4 is 23.5 Å². The summed E-state index contributed by atoms with van der Waals surface area (Å²) in [6.07, 6.45) is 4.78. The molecule has 1 unspecified atom stereocenters. The molecule has 5 N–H and O–H groups in total. The molecule has 2 amide bonds. The number of nitrogens with two attached hydrogens (primary N) is 1. The van der Waals surface area contributed by atoms with Gasteiger partial charge in [-0.05, 0) is 43.1 Å². The van der Waals surface area contributed by atoms with E-state index in [9.17, 15) is 24.4 Å². The van der Waals surface area contributed by atoms with E-state index in [1.807, 2.05) is 58.0 Å². The first-order chi connectivity index (χ1) is 17.5. The zero-order chi connectivity index (χ0) is 27.6. The largest absolute Gasteiger partial charge is 0.298 e. The number of amides is 2. The van der Waals surface area contributed by atoms with Gasteiger partial charge < -0.3 is 0 Å². The van der Waals surface area contributed by atoms with Gasteiger partial charge in [0.1, 0.15) is 12.1 Å². The maximum absolute atomic E-state index is 14.2. The highest BCUT2D eigenvalue weighted by Gasteiger charge is 2.53. The monoisotopic (exact) mass is 513 g/mol. The van der Waals surface area contributed by atoms with E-state index in [1.165, 1.54) is 23.3 Å². The molecule has 0 radical (unpaired) electrons. The number of ketones is 1. The second kappa shape index (κ2) is 13.8. The first-order valence-electron chi connectivity index (χ1n) is 12.6. The maximum atomic E-state index is 14.2. The van der Waals surface area contributed by atoms with E-state index in [4.69, 9.17) is 5.84 Å². The second-order valence-electron chi connectivity index (χ2n) is 10.4. The molecule has 10 heteroatoms. The molecule has 0 aliphatic carbocycles. The number of hydrazine groups is 1. The van der Waals surface area contributed by atoms with Crippen molar-refractivity contribution in [2.45, 2.75) is 59.8 Å². The van der Waals surface area contributed by atoms with Gasteiger partial charge in [0, 0.05) is 17.8 Å². The van der Waals surface area contributed by atoms with Crippen molar-refractivity contribution in [2.75, 3.05) is 0 Å². The van der Waals surface area contributed by atoms with Crippen LogP contribution in [0.25, 0.3) is 0 Å². The number of nitrogens with one attached hydrogen (secondary N) is 2. The van der Waals surface area contributed by atoms with Crippen molar-refractivity contribution in [1.82, 2.24) is 20.5 Å². The molecule has 202 valence electrons. The van der Waals surface area contributed by atoms with Crippen LogP contribution in [-0.2, 0) is 20.8 Å². The lowest BCUT2D eigenvalue weighted by atomic mass is 9.58. The summed E-state index contributed by atoms with van der Waals surface area (Å²) < 4.78 is 1.22. The van der Waals surface area contributed by atoms with Gasteiger partial charge in [-0.1, -0.05) is 58.0 Å². The highest BCUT2D eigenvalue weighted by molar-refractivity contribution is 6.04. The first-order valence-corrected chi connectivity index (χ1v) is 12.6. The Kier molecular flexibility index (Phi) is 11.1. The summed E-state index contributed by atoms with van der Waals surface area (Å²) in [5.74, 6) is 0.710. The van der Waals surface area contributed by atoms with Crippen molar-refractivity contribution in [1.29, 1.82) is 0 Å². The summed E-state index contributed by atoms with van der Waals surface area (Å²) in [6, 6.07) is 9.48. The molecule has 2 rings (SSSR count). The Morgan fingerprint density at radius 2 is 1.73 bits per heavy atom. The quantitative estimate of drug-likeness (QED) is 0.0994. The van der Waals surface area contributed by atoms with Crippen molar-refractivity contribution in [3.05, 3.63) is 54.6 Å².